The van der Waals surface area contributed by atoms with Crippen molar-refractivity contribution in [3.8, 4) is 5.75 Å². The van der Waals surface area contributed by atoms with Crippen molar-refractivity contribution in [3.63, 3.8) is 0 Å². The lowest BCUT2D eigenvalue weighted by atomic mass is 10.2. The maximum Gasteiger partial charge on any atom is 0.119 e. The molecule has 0 spiro atoms. The molecule has 0 aromatic heterocycles. The Bertz CT molecular complexity index is 557. The molecule has 4 heteroatoms. The number of nitrogens with one attached hydrogen (secondary N) is 1. The average Bonchev–Trinajstić information content (AvgIpc) is 2.49. The molecule has 0 bridgehead atoms. The highest BCUT2D eigenvalue weighted by atomic mass is 79.9. The first-order valence-electron chi connectivity index (χ1n) is 6.98. The number of nitrogens with zero attached hydrogens (tertiary/aromatic N) is 1. The van der Waals surface area contributed by atoms with Gasteiger partial charge in [0.15, 0.2) is 0 Å². The summed E-state index contributed by atoms with van der Waals surface area (Å²) in [6.45, 7) is 2.81. The van der Waals surface area contributed by atoms with Gasteiger partial charge in [-0.05, 0) is 49.0 Å². The number of rotatable bonds is 7. The molecule has 0 aliphatic rings. The van der Waals surface area contributed by atoms with Crippen LogP contribution in [0.5, 0.6) is 5.75 Å². The molecule has 0 heterocycles. The Balaban J connectivity index is 1.76. The van der Waals surface area contributed by atoms with Crippen molar-refractivity contribution in [2.75, 3.05) is 32.6 Å². The monoisotopic (exact) mass is 348 g/mol. The summed E-state index contributed by atoms with van der Waals surface area (Å²) in [5.41, 5.74) is 2.41. The summed E-state index contributed by atoms with van der Waals surface area (Å²) in [5, 5.41) is 3.42. The molecule has 0 fully saturated rings. The van der Waals surface area contributed by atoms with Crippen molar-refractivity contribution in [2.45, 2.75) is 6.54 Å². The maximum atomic E-state index is 5.25. The average molecular weight is 349 g/mol. The summed E-state index contributed by atoms with van der Waals surface area (Å²) < 4.78 is 6.35. The van der Waals surface area contributed by atoms with E-state index in [9.17, 15) is 0 Å². The van der Waals surface area contributed by atoms with Gasteiger partial charge in [-0.2, -0.15) is 0 Å². The first kappa shape index (κ1) is 15.9. The molecule has 1 N–H and O–H groups in total. The summed E-state index contributed by atoms with van der Waals surface area (Å²) in [4.78, 5) is 2.29. The Hall–Kier alpha value is -1.52. The maximum absolute atomic E-state index is 5.25. The van der Waals surface area contributed by atoms with E-state index in [2.05, 4.69) is 57.5 Å². The molecule has 0 aliphatic heterocycles. The van der Waals surface area contributed by atoms with E-state index in [0.717, 1.165) is 35.5 Å². The van der Waals surface area contributed by atoms with Crippen LogP contribution in [0.25, 0.3) is 0 Å². The number of ether oxygens (including phenoxy) is 1. The Labute approximate surface area is 135 Å². The molecule has 0 radical (unpaired) electrons. The number of hydrogen-bond donors (Lipinski definition) is 1. The lowest BCUT2D eigenvalue weighted by molar-refractivity contribution is 0.338. The molecule has 112 valence electrons. The van der Waals surface area contributed by atoms with E-state index in [1.54, 1.807) is 7.11 Å². The number of likely N-dealkylation sites (N-methyl/N-ethyl adjacent to an activating group) is 1. The smallest absolute Gasteiger partial charge is 0.119 e. The van der Waals surface area contributed by atoms with Gasteiger partial charge in [-0.1, -0.05) is 28.1 Å². The summed E-state index contributed by atoms with van der Waals surface area (Å²) >= 11 is 3.44. The molecule has 2 aromatic carbocycles. The van der Waals surface area contributed by atoms with E-state index < -0.39 is 0 Å². The summed E-state index contributed by atoms with van der Waals surface area (Å²) in [5.74, 6) is 0.911. The number of halogens is 1. The third-order valence-corrected chi connectivity index (χ3v) is 3.78. The fraction of sp³-hybridized carbons (Fsp3) is 0.294. The van der Waals surface area contributed by atoms with Gasteiger partial charge in [-0.15, -0.1) is 0 Å². The molecule has 0 saturated heterocycles. The first-order chi connectivity index (χ1) is 10.2. The van der Waals surface area contributed by atoms with Gasteiger partial charge in [0, 0.05) is 29.8 Å². The molecule has 0 aliphatic carbocycles. The quantitative estimate of drug-likeness (QED) is 0.818. The van der Waals surface area contributed by atoms with Crippen LogP contribution in [0.3, 0.4) is 0 Å². The molecule has 0 amide bonds. The highest BCUT2D eigenvalue weighted by Gasteiger charge is 2.01. The molecular formula is C17H21BrN2O. The van der Waals surface area contributed by atoms with Crippen molar-refractivity contribution in [3.05, 3.63) is 58.6 Å². The van der Waals surface area contributed by atoms with Crippen LogP contribution >= 0.6 is 15.9 Å². The second kappa shape index (κ2) is 8.05. The van der Waals surface area contributed by atoms with E-state index >= 15 is 0 Å². The number of methoxy groups -OCH3 is 1. The predicted molar refractivity (Wildman–Crippen MR) is 92.0 cm³/mol. The van der Waals surface area contributed by atoms with Crippen molar-refractivity contribution in [2.24, 2.45) is 0 Å². The molecular weight excluding hydrogens is 328 g/mol. The molecule has 21 heavy (non-hydrogen) atoms. The Morgan fingerprint density at radius 1 is 1.14 bits per heavy atom. The van der Waals surface area contributed by atoms with Crippen molar-refractivity contribution in [1.29, 1.82) is 0 Å². The third-order valence-electron chi connectivity index (χ3n) is 3.25. The van der Waals surface area contributed by atoms with Crippen LogP contribution in [0, 0.1) is 0 Å². The molecule has 0 saturated carbocycles. The highest BCUT2D eigenvalue weighted by Crippen LogP contribution is 2.15. The van der Waals surface area contributed by atoms with E-state index in [0.29, 0.717) is 0 Å². The Morgan fingerprint density at radius 3 is 2.62 bits per heavy atom. The van der Waals surface area contributed by atoms with Crippen LogP contribution in [0.15, 0.2) is 53.0 Å². The van der Waals surface area contributed by atoms with E-state index in [-0.39, 0.29) is 0 Å². The summed E-state index contributed by atoms with van der Waals surface area (Å²) in [6, 6.07) is 16.4. The van der Waals surface area contributed by atoms with Crippen LogP contribution in [-0.2, 0) is 6.54 Å². The predicted octanol–water partition coefficient (Wildman–Crippen LogP) is 4.00. The van der Waals surface area contributed by atoms with Crippen molar-refractivity contribution in [1.82, 2.24) is 4.90 Å². The Morgan fingerprint density at radius 2 is 1.90 bits per heavy atom. The second-order valence-corrected chi connectivity index (χ2v) is 5.94. The zero-order chi connectivity index (χ0) is 15.1. The summed E-state index contributed by atoms with van der Waals surface area (Å²) in [7, 11) is 3.83. The van der Waals surface area contributed by atoms with E-state index in [4.69, 9.17) is 4.74 Å². The van der Waals surface area contributed by atoms with Crippen molar-refractivity contribution >= 4 is 21.6 Å². The summed E-state index contributed by atoms with van der Waals surface area (Å²) in [6.07, 6.45) is 0. The van der Waals surface area contributed by atoms with Crippen LogP contribution in [-0.4, -0.2) is 32.1 Å². The van der Waals surface area contributed by atoms with Crippen molar-refractivity contribution < 1.29 is 4.74 Å². The number of hydrogen-bond acceptors (Lipinski definition) is 3. The van der Waals surface area contributed by atoms with E-state index in [1.807, 2.05) is 24.3 Å². The number of benzene rings is 2. The molecule has 0 atom stereocenters. The Kier molecular flexibility index (Phi) is 6.08. The van der Waals surface area contributed by atoms with Gasteiger partial charge in [0.1, 0.15) is 5.75 Å². The zero-order valence-corrected chi connectivity index (χ0v) is 14.1. The van der Waals surface area contributed by atoms with Crippen LogP contribution in [0.1, 0.15) is 5.56 Å². The van der Waals surface area contributed by atoms with E-state index in [1.165, 1.54) is 5.56 Å². The lowest BCUT2D eigenvalue weighted by Crippen LogP contribution is -2.24. The second-order valence-electron chi connectivity index (χ2n) is 5.02. The van der Waals surface area contributed by atoms with Gasteiger partial charge in [0.25, 0.3) is 0 Å². The highest BCUT2D eigenvalue weighted by molar-refractivity contribution is 9.10. The molecule has 3 nitrogen and oxygen atoms in total. The minimum Gasteiger partial charge on any atom is -0.497 e. The lowest BCUT2D eigenvalue weighted by Gasteiger charge is -2.18. The first-order valence-corrected chi connectivity index (χ1v) is 7.77. The van der Waals surface area contributed by atoms with Gasteiger partial charge >= 0.3 is 0 Å². The topological polar surface area (TPSA) is 24.5 Å². The van der Waals surface area contributed by atoms with Gasteiger partial charge in [0.05, 0.1) is 7.11 Å². The fourth-order valence-corrected chi connectivity index (χ4v) is 2.38. The largest absolute Gasteiger partial charge is 0.497 e. The molecule has 0 unspecified atom stereocenters. The molecule has 2 aromatic rings. The standard InChI is InChI=1S/C17H21BrN2O/c1-20(13-14-4-3-5-17(12-14)21-2)11-10-19-16-8-6-15(18)7-9-16/h3-9,12,19H,10-11,13H2,1-2H3. The van der Waals surface area contributed by atoms with Gasteiger partial charge < -0.3 is 15.0 Å². The van der Waals surface area contributed by atoms with Crippen LogP contribution in [0.2, 0.25) is 0 Å². The normalized spacial score (nSPS) is 10.7. The zero-order valence-electron chi connectivity index (χ0n) is 12.5. The van der Waals surface area contributed by atoms with Gasteiger partial charge in [0.2, 0.25) is 0 Å². The number of anilines is 1. The third kappa shape index (κ3) is 5.40. The SMILES string of the molecule is COc1cccc(CN(C)CCNc2ccc(Br)cc2)c1. The molecule has 2 rings (SSSR count). The van der Waals surface area contributed by atoms with Gasteiger partial charge in [-0.3, -0.25) is 0 Å². The minimum atomic E-state index is 0.911. The minimum absolute atomic E-state index is 0.911. The van der Waals surface area contributed by atoms with Gasteiger partial charge in [-0.25, -0.2) is 0 Å². The van der Waals surface area contributed by atoms with Crippen LogP contribution in [0.4, 0.5) is 5.69 Å². The fourth-order valence-electron chi connectivity index (χ4n) is 2.12. The van der Waals surface area contributed by atoms with Crippen LogP contribution < -0.4 is 10.1 Å².